The van der Waals surface area contributed by atoms with Crippen LogP contribution < -0.4 is 11.1 Å². The summed E-state index contributed by atoms with van der Waals surface area (Å²) in [6, 6.07) is 0.413. The topological polar surface area (TPSA) is 58.4 Å². The number of carbonyl (C=O) groups is 1. The molecule has 0 aromatic heterocycles. The molecule has 0 aromatic carbocycles. The third-order valence-corrected chi connectivity index (χ3v) is 3.66. The maximum absolute atomic E-state index is 12.6. The third-order valence-electron chi connectivity index (χ3n) is 3.66. The van der Waals surface area contributed by atoms with E-state index in [1.165, 1.54) is 0 Å². The molecule has 0 aliphatic carbocycles. The molecule has 1 rings (SSSR count). The van der Waals surface area contributed by atoms with Gasteiger partial charge >= 0.3 is 6.18 Å². The van der Waals surface area contributed by atoms with Crippen molar-refractivity contribution in [2.75, 3.05) is 19.6 Å². The number of halogens is 3. The average molecular weight is 281 g/mol. The number of hydrogen-bond acceptors (Lipinski definition) is 3. The Bertz CT molecular complexity index is 329. The zero-order valence-electron chi connectivity index (χ0n) is 11.5. The molecule has 1 heterocycles. The Kier molecular flexibility index (Phi) is 4.84. The minimum absolute atomic E-state index is 0.190. The Labute approximate surface area is 111 Å². The van der Waals surface area contributed by atoms with Crippen molar-refractivity contribution >= 4 is 5.91 Å². The number of nitrogens with one attached hydrogen (secondary N) is 1. The van der Waals surface area contributed by atoms with E-state index in [1.54, 1.807) is 0 Å². The molecule has 0 aromatic rings. The summed E-state index contributed by atoms with van der Waals surface area (Å²) >= 11 is 0. The molecule has 112 valence electrons. The molecule has 2 unspecified atom stereocenters. The molecule has 0 saturated carbocycles. The van der Waals surface area contributed by atoms with Gasteiger partial charge in [0.15, 0.2) is 5.54 Å². The van der Waals surface area contributed by atoms with Gasteiger partial charge in [-0.3, -0.25) is 4.79 Å². The summed E-state index contributed by atoms with van der Waals surface area (Å²) < 4.78 is 37.7. The highest BCUT2D eigenvalue weighted by atomic mass is 19.4. The van der Waals surface area contributed by atoms with E-state index in [-0.39, 0.29) is 12.5 Å². The van der Waals surface area contributed by atoms with Crippen molar-refractivity contribution in [3.8, 4) is 0 Å². The summed E-state index contributed by atoms with van der Waals surface area (Å²) in [4.78, 5) is 13.8. The Morgan fingerprint density at radius 1 is 1.47 bits per heavy atom. The monoisotopic (exact) mass is 281 g/mol. The van der Waals surface area contributed by atoms with Crippen LogP contribution in [0, 0.1) is 5.92 Å². The van der Waals surface area contributed by atoms with Crippen LogP contribution >= 0.6 is 0 Å². The largest absolute Gasteiger partial charge is 0.415 e. The van der Waals surface area contributed by atoms with Gasteiger partial charge in [-0.05, 0) is 39.7 Å². The highest BCUT2D eigenvalue weighted by Gasteiger charge is 2.53. The predicted molar refractivity (Wildman–Crippen MR) is 66.5 cm³/mol. The number of carbonyl (C=O) groups excluding carboxylic acids is 1. The Morgan fingerprint density at radius 2 is 2.05 bits per heavy atom. The average Bonchev–Trinajstić information content (AvgIpc) is 2.72. The molecule has 0 spiro atoms. The Balaban J connectivity index is 2.44. The quantitative estimate of drug-likeness (QED) is 0.811. The van der Waals surface area contributed by atoms with Gasteiger partial charge in [0.1, 0.15) is 0 Å². The normalized spacial score (nSPS) is 24.5. The fraction of sp³-hybridized carbons (Fsp3) is 0.917. The molecule has 4 nitrogen and oxygen atoms in total. The van der Waals surface area contributed by atoms with E-state index in [9.17, 15) is 18.0 Å². The number of alkyl halides is 3. The molecule has 1 fully saturated rings. The Hall–Kier alpha value is -0.820. The second kappa shape index (κ2) is 5.66. The lowest BCUT2D eigenvalue weighted by Gasteiger charge is -2.27. The minimum atomic E-state index is -4.74. The molecule has 1 aliphatic rings. The van der Waals surface area contributed by atoms with Gasteiger partial charge in [-0.2, -0.15) is 13.2 Å². The molecule has 1 saturated heterocycles. The van der Waals surface area contributed by atoms with Crippen LogP contribution in [0.5, 0.6) is 0 Å². The van der Waals surface area contributed by atoms with Gasteiger partial charge in [0, 0.05) is 19.1 Å². The van der Waals surface area contributed by atoms with Crippen molar-refractivity contribution in [1.82, 2.24) is 10.2 Å². The SMILES string of the molecule is CC(C)N1CCC(CNC(=O)C(C)(N)C(F)(F)F)C1. The second-order valence-electron chi connectivity index (χ2n) is 5.65. The van der Waals surface area contributed by atoms with Crippen molar-refractivity contribution < 1.29 is 18.0 Å². The highest BCUT2D eigenvalue weighted by molar-refractivity contribution is 5.86. The maximum atomic E-state index is 12.6. The Morgan fingerprint density at radius 3 is 2.47 bits per heavy atom. The van der Waals surface area contributed by atoms with E-state index in [2.05, 4.69) is 24.1 Å². The van der Waals surface area contributed by atoms with Crippen molar-refractivity contribution in [2.45, 2.75) is 44.9 Å². The first-order valence-electron chi connectivity index (χ1n) is 6.43. The summed E-state index contributed by atoms with van der Waals surface area (Å²) in [5.74, 6) is -0.974. The van der Waals surface area contributed by atoms with Gasteiger partial charge in [-0.15, -0.1) is 0 Å². The van der Waals surface area contributed by atoms with Crippen molar-refractivity contribution in [3.63, 3.8) is 0 Å². The summed E-state index contributed by atoms with van der Waals surface area (Å²) in [5.41, 5.74) is 2.22. The summed E-state index contributed by atoms with van der Waals surface area (Å²) in [6.07, 6.45) is -3.86. The number of likely N-dealkylation sites (tertiary alicyclic amines) is 1. The lowest BCUT2D eigenvalue weighted by molar-refractivity contribution is -0.187. The molecule has 2 atom stereocenters. The fourth-order valence-electron chi connectivity index (χ4n) is 2.05. The summed E-state index contributed by atoms with van der Waals surface area (Å²) in [6.45, 7) is 6.79. The van der Waals surface area contributed by atoms with Crippen LogP contribution in [-0.2, 0) is 4.79 Å². The number of nitrogens with two attached hydrogens (primary N) is 1. The highest BCUT2D eigenvalue weighted by Crippen LogP contribution is 2.28. The van der Waals surface area contributed by atoms with Crippen molar-refractivity contribution in [3.05, 3.63) is 0 Å². The smallest absolute Gasteiger partial charge is 0.354 e. The molecule has 0 bridgehead atoms. The van der Waals surface area contributed by atoms with Gasteiger partial charge in [-0.1, -0.05) is 0 Å². The zero-order valence-corrected chi connectivity index (χ0v) is 11.5. The zero-order chi connectivity index (χ0) is 14.8. The lowest BCUT2D eigenvalue weighted by Crippen LogP contribution is -2.61. The number of hydrogen-bond donors (Lipinski definition) is 2. The van der Waals surface area contributed by atoms with Crippen LogP contribution in [0.2, 0.25) is 0 Å². The van der Waals surface area contributed by atoms with Gasteiger partial charge < -0.3 is 16.0 Å². The predicted octanol–water partition coefficient (Wildman–Crippen LogP) is 1.11. The van der Waals surface area contributed by atoms with Gasteiger partial charge in [-0.25, -0.2) is 0 Å². The molecule has 7 heteroatoms. The van der Waals surface area contributed by atoms with E-state index < -0.39 is 17.6 Å². The molecule has 1 amide bonds. The molecule has 1 aliphatic heterocycles. The number of rotatable bonds is 4. The van der Waals surface area contributed by atoms with Gasteiger partial charge in [0.2, 0.25) is 5.91 Å². The van der Waals surface area contributed by atoms with E-state index in [4.69, 9.17) is 5.73 Å². The van der Waals surface area contributed by atoms with Gasteiger partial charge in [0.05, 0.1) is 0 Å². The fourth-order valence-corrected chi connectivity index (χ4v) is 2.05. The first-order valence-corrected chi connectivity index (χ1v) is 6.43. The maximum Gasteiger partial charge on any atom is 0.415 e. The number of amides is 1. The molecule has 0 radical (unpaired) electrons. The van der Waals surface area contributed by atoms with Crippen LogP contribution in [-0.4, -0.2) is 48.2 Å². The van der Waals surface area contributed by atoms with Crippen LogP contribution in [0.4, 0.5) is 13.2 Å². The first-order chi connectivity index (χ1) is 8.55. The second-order valence-corrected chi connectivity index (χ2v) is 5.65. The van der Waals surface area contributed by atoms with E-state index in [0.717, 1.165) is 19.5 Å². The molecular formula is C12H22F3N3O. The van der Waals surface area contributed by atoms with Crippen LogP contribution in [0.3, 0.4) is 0 Å². The summed E-state index contributed by atoms with van der Waals surface area (Å²) in [5, 5.41) is 2.32. The van der Waals surface area contributed by atoms with Crippen LogP contribution in [0.15, 0.2) is 0 Å². The van der Waals surface area contributed by atoms with Crippen molar-refractivity contribution in [1.29, 1.82) is 0 Å². The van der Waals surface area contributed by atoms with Crippen molar-refractivity contribution in [2.24, 2.45) is 11.7 Å². The first kappa shape index (κ1) is 16.2. The van der Waals surface area contributed by atoms with Gasteiger partial charge in [0.25, 0.3) is 0 Å². The third kappa shape index (κ3) is 3.82. The molecular weight excluding hydrogens is 259 g/mol. The number of nitrogens with zero attached hydrogens (tertiary/aromatic N) is 1. The lowest BCUT2D eigenvalue weighted by atomic mass is 10.0. The summed E-state index contributed by atoms with van der Waals surface area (Å²) in [7, 11) is 0. The van der Waals surface area contributed by atoms with E-state index >= 15 is 0 Å². The molecule has 19 heavy (non-hydrogen) atoms. The van der Waals surface area contributed by atoms with E-state index in [1.807, 2.05) is 0 Å². The standard InChI is InChI=1S/C12H22F3N3O/c1-8(2)18-5-4-9(7-18)6-17-10(19)11(3,16)12(13,14)15/h8-9H,4-7,16H2,1-3H3,(H,17,19). The van der Waals surface area contributed by atoms with E-state index in [0.29, 0.717) is 13.0 Å². The van der Waals surface area contributed by atoms with Crippen LogP contribution in [0.25, 0.3) is 0 Å². The minimum Gasteiger partial charge on any atom is -0.354 e. The molecule has 3 N–H and O–H groups in total. The van der Waals surface area contributed by atoms with Crippen LogP contribution in [0.1, 0.15) is 27.2 Å².